The SMILES string of the molecule is CC[C@H]1CN(C(C)c2ccccn2)C(=O)[C@@H]2CCC[C@H]1N2S(=O)(=O)c1ccc2ncsc2c1. The predicted molar refractivity (Wildman–Crippen MR) is 128 cm³/mol. The predicted octanol–water partition coefficient (Wildman–Crippen LogP) is 4.23. The summed E-state index contributed by atoms with van der Waals surface area (Å²) in [5.41, 5.74) is 3.32. The molecule has 3 aromatic rings. The minimum absolute atomic E-state index is 0.0623. The lowest BCUT2D eigenvalue weighted by Crippen LogP contribution is -2.54. The van der Waals surface area contributed by atoms with Crippen LogP contribution in [0.15, 0.2) is 53.0 Å². The highest BCUT2D eigenvalue weighted by molar-refractivity contribution is 7.89. The fourth-order valence-corrected chi connectivity index (χ4v) is 8.04. The van der Waals surface area contributed by atoms with Crippen molar-refractivity contribution in [2.24, 2.45) is 5.92 Å². The minimum Gasteiger partial charge on any atom is -0.333 e. The molecule has 4 atom stereocenters. The Balaban J connectivity index is 1.57. The van der Waals surface area contributed by atoms with Crippen LogP contribution in [0.2, 0.25) is 0 Å². The molecule has 0 saturated carbocycles. The fraction of sp³-hybridized carbons (Fsp3) is 0.458. The summed E-state index contributed by atoms with van der Waals surface area (Å²) in [6.07, 6.45) is 4.70. The molecule has 1 aromatic carbocycles. The highest BCUT2D eigenvalue weighted by Crippen LogP contribution is 2.40. The van der Waals surface area contributed by atoms with Gasteiger partial charge in [0.15, 0.2) is 0 Å². The number of carbonyl (C=O) groups is 1. The van der Waals surface area contributed by atoms with Gasteiger partial charge in [0.1, 0.15) is 6.04 Å². The van der Waals surface area contributed by atoms with Crippen LogP contribution in [0.5, 0.6) is 0 Å². The van der Waals surface area contributed by atoms with E-state index >= 15 is 0 Å². The van der Waals surface area contributed by atoms with Gasteiger partial charge in [0.05, 0.1) is 32.4 Å². The van der Waals surface area contributed by atoms with Crippen LogP contribution in [0.4, 0.5) is 0 Å². The van der Waals surface area contributed by atoms with E-state index in [4.69, 9.17) is 0 Å². The molecule has 1 amide bonds. The molecule has 33 heavy (non-hydrogen) atoms. The van der Waals surface area contributed by atoms with Gasteiger partial charge in [-0.2, -0.15) is 4.31 Å². The van der Waals surface area contributed by atoms with E-state index < -0.39 is 16.1 Å². The number of nitrogens with zero attached hydrogens (tertiary/aromatic N) is 4. The quantitative estimate of drug-likeness (QED) is 0.541. The van der Waals surface area contributed by atoms with Crippen LogP contribution in [0.3, 0.4) is 0 Å². The number of amides is 1. The average molecular weight is 485 g/mol. The van der Waals surface area contributed by atoms with Gasteiger partial charge in [-0.15, -0.1) is 11.3 Å². The number of aromatic nitrogens is 2. The molecule has 4 heterocycles. The lowest BCUT2D eigenvalue weighted by Gasteiger charge is -2.40. The molecule has 5 rings (SSSR count). The van der Waals surface area contributed by atoms with Gasteiger partial charge >= 0.3 is 0 Å². The Morgan fingerprint density at radius 3 is 2.79 bits per heavy atom. The van der Waals surface area contributed by atoms with Crippen molar-refractivity contribution in [1.82, 2.24) is 19.2 Å². The maximum atomic E-state index is 14.0. The fourth-order valence-electron chi connectivity index (χ4n) is 5.33. The van der Waals surface area contributed by atoms with Crippen molar-refractivity contribution in [3.8, 4) is 0 Å². The number of rotatable bonds is 5. The van der Waals surface area contributed by atoms with Gasteiger partial charge in [0, 0.05) is 18.8 Å². The van der Waals surface area contributed by atoms with Crippen molar-refractivity contribution in [2.75, 3.05) is 6.54 Å². The molecule has 174 valence electrons. The smallest absolute Gasteiger partial charge is 0.244 e. The van der Waals surface area contributed by atoms with Crippen molar-refractivity contribution in [1.29, 1.82) is 0 Å². The van der Waals surface area contributed by atoms with Gasteiger partial charge in [0.25, 0.3) is 0 Å². The first-order chi connectivity index (χ1) is 15.9. The van der Waals surface area contributed by atoms with Crippen molar-refractivity contribution >= 4 is 37.5 Å². The zero-order chi connectivity index (χ0) is 23.2. The third-order valence-electron chi connectivity index (χ3n) is 7.14. The van der Waals surface area contributed by atoms with Gasteiger partial charge in [-0.1, -0.05) is 19.4 Å². The first-order valence-corrected chi connectivity index (χ1v) is 13.8. The number of piperidine rings is 1. The monoisotopic (exact) mass is 484 g/mol. The van der Waals surface area contributed by atoms with E-state index in [1.165, 1.54) is 11.3 Å². The van der Waals surface area contributed by atoms with E-state index in [2.05, 4.69) is 16.9 Å². The summed E-state index contributed by atoms with van der Waals surface area (Å²) in [6.45, 7) is 4.61. The van der Waals surface area contributed by atoms with Gasteiger partial charge in [-0.3, -0.25) is 9.78 Å². The van der Waals surface area contributed by atoms with Crippen LogP contribution in [0.1, 0.15) is 51.3 Å². The molecule has 0 N–H and O–H groups in total. The molecule has 7 nitrogen and oxygen atoms in total. The van der Waals surface area contributed by atoms with Gasteiger partial charge in [-0.05, 0) is 62.4 Å². The molecule has 1 unspecified atom stereocenters. The Morgan fingerprint density at radius 1 is 1.18 bits per heavy atom. The molecule has 0 radical (unpaired) electrons. The Kier molecular flexibility index (Phi) is 5.96. The van der Waals surface area contributed by atoms with Crippen LogP contribution < -0.4 is 0 Å². The highest BCUT2D eigenvalue weighted by atomic mass is 32.2. The Labute approximate surface area is 198 Å². The standard InChI is InChI=1S/C24H28N4O3S2/c1-3-17-14-27(16(2)19-7-4-5-12-25-19)24(29)22-9-6-8-21(17)28(22)33(30,31)18-10-11-20-23(13-18)32-15-26-20/h4-5,7,10-13,15-17,21-22H,3,6,8-9,14H2,1-2H3/t16?,17-,21+,22-/m0/s1. The van der Waals surface area contributed by atoms with Crippen molar-refractivity contribution in [3.05, 3.63) is 53.8 Å². The van der Waals surface area contributed by atoms with E-state index in [1.807, 2.05) is 30.0 Å². The number of benzene rings is 1. The van der Waals surface area contributed by atoms with Crippen LogP contribution in [0.25, 0.3) is 10.2 Å². The molecular weight excluding hydrogens is 456 g/mol. The molecule has 2 aliphatic heterocycles. The summed E-state index contributed by atoms with van der Waals surface area (Å²) < 4.78 is 30.4. The zero-order valence-corrected chi connectivity index (χ0v) is 20.4. The highest BCUT2D eigenvalue weighted by Gasteiger charge is 2.50. The molecule has 2 saturated heterocycles. The van der Waals surface area contributed by atoms with Crippen LogP contribution in [-0.2, 0) is 14.8 Å². The molecule has 2 bridgehead atoms. The van der Waals surface area contributed by atoms with Crippen molar-refractivity contribution in [3.63, 3.8) is 0 Å². The first kappa shape index (κ1) is 22.4. The number of hydrogen-bond acceptors (Lipinski definition) is 6. The van der Waals surface area contributed by atoms with Crippen LogP contribution in [0, 0.1) is 5.92 Å². The summed E-state index contributed by atoms with van der Waals surface area (Å²) >= 11 is 1.42. The van der Waals surface area contributed by atoms with Crippen molar-refractivity contribution in [2.45, 2.75) is 62.6 Å². The largest absolute Gasteiger partial charge is 0.333 e. The molecule has 0 aliphatic carbocycles. The van der Waals surface area contributed by atoms with Crippen LogP contribution >= 0.6 is 11.3 Å². The summed E-state index contributed by atoms with van der Waals surface area (Å²) in [7, 11) is -3.85. The Morgan fingerprint density at radius 2 is 2.03 bits per heavy atom. The summed E-state index contributed by atoms with van der Waals surface area (Å²) in [5.74, 6) is -0.0523. The van der Waals surface area contributed by atoms with Gasteiger partial charge < -0.3 is 4.90 Å². The van der Waals surface area contributed by atoms with E-state index in [9.17, 15) is 13.2 Å². The number of hydrogen-bond donors (Lipinski definition) is 0. The van der Waals surface area contributed by atoms with E-state index in [1.54, 1.807) is 34.2 Å². The average Bonchev–Trinajstić information content (AvgIpc) is 3.30. The van der Waals surface area contributed by atoms with Crippen LogP contribution in [-0.4, -0.2) is 52.1 Å². The maximum Gasteiger partial charge on any atom is 0.244 e. The third-order valence-corrected chi connectivity index (χ3v) is 9.86. The normalized spacial score (nSPS) is 25.2. The number of fused-ring (bicyclic) bond motifs is 3. The second kappa shape index (κ2) is 8.77. The van der Waals surface area contributed by atoms with Gasteiger partial charge in [0.2, 0.25) is 15.9 Å². The maximum absolute atomic E-state index is 14.0. The molecule has 9 heteroatoms. The lowest BCUT2D eigenvalue weighted by atomic mass is 9.89. The summed E-state index contributed by atoms with van der Waals surface area (Å²) in [4.78, 5) is 24.7. The second-order valence-corrected chi connectivity index (χ2v) is 11.6. The number of thiazole rings is 1. The molecular formula is C24H28N4O3S2. The van der Waals surface area contributed by atoms with Gasteiger partial charge in [-0.25, -0.2) is 13.4 Å². The number of pyridine rings is 1. The van der Waals surface area contributed by atoms with E-state index in [-0.39, 0.29) is 28.8 Å². The minimum atomic E-state index is -3.85. The molecule has 0 spiro atoms. The summed E-state index contributed by atoms with van der Waals surface area (Å²) in [5, 5.41) is 0. The number of sulfonamides is 1. The first-order valence-electron chi connectivity index (χ1n) is 11.5. The third kappa shape index (κ3) is 3.86. The lowest BCUT2D eigenvalue weighted by molar-refractivity contribution is -0.137. The molecule has 2 aromatic heterocycles. The molecule has 2 fully saturated rings. The molecule has 2 aliphatic rings. The summed E-state index contributed by atoms with van der Waals surface area (Å²) in [6, 6.07) is 9.68. The van der Waals surface area contributed by atoms with Crippen molar-refractivity contribution < 1.29 is 13.2 Å². The van der Waals surface area contributed by atoms with E-state index in [0.717, 1.165) is 35.2 Å². The topological polar surface area (TPSA) is 83.5 Å². The Hall–Kier alpha value is -2.36. The Bertz CT molecular complexity index is 1260. The number of carbonyl (C=O) groups excluding carboxylic acids is 1. The second-order valence-electron chi connectivity index (χ2n) is 8.92. The zero-order valence-electron chi connectivity index (χ0n) is 18.8. The van der Waals surface area contributed by atoms with E-state index in [0.29, 0.717) is 13.0 Å².